The summed E-state index contributed by atoms with van der Waals surface area (Å²) in [7, 11) is 5.38. The summed E-state index contributed by atoms with van der Waals surface area (Å²) in [5.74, 6) is -1.85. The molecule has 0 amide bonds. The normalized spacial score (nSPS) is 41.2. The van der Waals surface area contributed by atoms with Crippen molar-refractivity contribution in [3.8, 4) is 0 Å². The van der Waals surface area contributed by atoms with Crippen molar-refractivity contribution in [2.24, 2.45) is 11.8 Å². The van der Waals surface area contributed by atoms with Crippen LogP contribution in [-0.4, -0.2) is 91.6 Å². The number of methoxy groups -OCH3 is 1. The fraction of sp³-hybridized carbons (Fsp3) is 0.781. The Morgan fingerprint density at radius 3 is 2.31 bits per heavy atom. The molecule has 2 fully saturated rings. The molecule has 2 saturated heterocycles. The monoisotopic (exact) mass is 593 g/mol. The number of fused-ring (bicyclic) bond motifs is 2. The van der Waals surface area contributed by atoms with Crippen molar-refractivity contribution in [1.29, 1.82) is 0 Å². The molecule has 0 radical (unpaired) electrons. The second-order valence-corrected chi connectivity index (χ2v) is 12.9. The average Bonchev–Trinajstić information content (AvgIpc) is 3.25. The number of carbonyl (C=O) groups excluding carboxylic acids is 3. The van der Waals surface area contributed by atoms with E-state index in [0.717, 1.165) is 0 Å². The van der Waals surface area contributed by atoms with Gasteiger partial charge in [0.1, 0.15) is 6.10 Å². The zero-order valence-electron chi connectivity index (χ0n) is 27.4. The molecule has 0 aromatic heterocycles. The smallest absolute Gasteiger partial charge is 0.303 e. The average molecular weight is 594 g/mol. The minimum absolute atomic E-state index is 0.0583. The molecule has 2 bridgehead atoms. The summed E-state index contributed by atoms with van der Waals surface area (Å²) in [6.07, 6.45) is 0.135. The van der Waals surface area contributed by atoms with Crippen LogP contribution in [-0.2, 0) is 42.8 Å². The molecule has 0 saturated carbocycles. The lowest BCUT2D eigenvalue weighted by atomic mass is 9.78. The van der Waals surface area contributed by atoms with Gasteiger partial charge in [-0.15, -0.1) is 0 Å². The van der Waals surface area contributed by atoms with Gasteiger partial charge in [0.15, 0.2) is 29.6 Å². The Labute approximate surface area is 251 Å². The van der Waals surface area contributed by atoms with E-state index in [2.05, 4.69) is 0 Å². The number of Topliss-reactive ketones (excluding diaryl/α,β-unsaturated/α-hetero) is 2. The van der Waals surface area contributed by atoms with E-state index in [-0.39, 0.29) is 42.2 Å². The standard InChI is InChI=1S/C32H51NO9/c1-13-24-31(8)15-17(2)25(35)18(3)16-32(9,37-12)28(20(5)26(36)21(6)29(40-24)42-31)41-30-27(39-22(7)34)23(33(10)11)14-19(4)38-30/h15,18-20,23-24,27-28,30H,13-14,16H2,1-12H3/b17-15+,29-21?/t18-,19-,20+,23+,24-,27-,28-,30?,31-,32+/m1/s1. The van der Waals surface area contributed by atoms with Gasteiger partial charge >= 0.3 is 5.97 Å². The van der Waals surface area contributed by atoms with Crippen LogP contribution in [0, 0.1) is 11.8 Å². The summed E-state index contributed by atoms with van der Waals surface area (Å²) in [5, 5.41) is 0. The first-order valence-electron chi connectivity index (χ1n) is 15.0. The molecule has 3 rings (SSSR count). The van der Waals surface area contributed by atoms with Crippen molar-refractivity contribution in [3.05, 3.63) is 23.2 Å². The van der Waals surface area contributed by atoms with E-state index in [9.17, 15) is 14.4 Å². The largest absolute Gasteiger partial charge is 0.457 e. The molecule has 0 aromatic carbocycles. The zero-order chi connectivity index (χ0) is 31.7. The third kappa shape index (κ3) is 6.93. The second-order valence-electron chi connectivity index (χ2n) is 12.9. The molecule has 0 N–H and O–H groups in total. The highest BCUT2D eigenvalue weighted by molar-refractivity contribution is 5.98. The van der Waals surface area contributed by atoms with Crippen LogP contribution >= 0.6 is 0 Å². The van der Waals surface area contributed by atoms with Crippen LogP contribution in [0.1, 0.15) is 81.6 Å². The molecule has 0 aliphatic carbocycles. The maximum Gasteiger partial charge on any atom is 0.303 e. The summed E-state index contributed by atoms with van der Waals surface area (Å²) in [4.78, 5) is 42.0. The Bertz CT molecular complexity index is 1100. The van der Waals surface area contributed by atoms with Crippen molar-refractivity contribution in [2.75, 3.05) is 21.2 Å². The number of nitrogens with zero attached hydrogens (tertiary/aromatic N) is 1. The van der Waals surface area contributed by atoms with E-state index in [1.807, 2.05) is 59.7 Å². The molecule has 0 spiro atoms. The molecule has 3 heterocycles. The molecular formula is C32H51NO9. The van der Waals surface area contributed by atoms with Crippen molar-refractivity contribution in [2.45, 2.75) is 130 Å². The van der Waals surface area contributed by atoms with Gasteiger partial charge in [0.25, 0.3) is 5.95 Å². The molecular weight excluding hydrogens is 542 g/mol. The highest BCUT2D eigenvalue weighted by atomic mass is 16.7. The van der Waals surface area contributed by atoms with E-state index in [1.54, 1.807) is 27.9 Å². The molecule has 238 valence electrons. The zero-order valence-corrected chi connectivity index (χ0v) is 27.4. The lowest BCUT2D eigenvalue weighted by molar-refractivity contribution is -0.297. The van der Waals surface area contributed by atoms with Gasteiger partial charge in [-0.3, -0.25) is 14.4 Å². The van der Waals surface area contributed by atoms with Crippen molar-refractivity contribution in [1.82, 2.24) is 4.90 Å². The number of ketones is 2. The van der Waals surface area contributed by atoms with E-state index >= 15 is 0 Å². The third-order valence-electron chi connectivity index (χ3n) is 9.07. The van der Waals surface area contributed by atoms with E-state index in [1.165, 1.54) is 6.92 Å². The van der Waals surface area contributed by atoms with E-state index in [0.29, 0.717) is 24.0 Å². The van der Waals surface area contributed by atoms with Crippen LogP contribution in [0.5, 0.6) is 0 Å². The maximum atomic E-state index is 14.1. The Balaban J connectivity index is 2.15. The minimum atomic E-state index is -1.10. The van der Waals surface area contributed by atoms with Gasteiger partial charge in [0.2, 0.25) is 0 Å². The van der Waals surface area contributed by atoms with Crippen LogP contribution in [0.3, 0.4) is 0 Å². The lowest BCUT2D eigenvalue weighted by Crippen LogP contribution is -2.59. The van der Waals surface area contributed by atoms with Crippen molar-refractivity contribution in [3.63, 3.8) is 0 Å². The topological polar surface area (TPSA) is 110 Å². The van der Waals surface area contributed by atoms with Gasteiger partial charge in [0.05, 0.1) is 29.4 Å². The van der Waals surface area contributed by atoms with Crippen LogP contribution in [0.25, 0.3) is 0 Å². The molecule has 10 atom stereocenters. The molecule has 10 heteroatoms. The van der Waals surface area contributed by atoms with Gasteiger partial charge in [0, 0.05) is 25.9 Å². The fourth-order valence-electron chi connectivity index (χ4n) is 6.69. The van der Waals surface area contributed by atoms with Crippen LogP contribution in [0.15, 0.2) is 23.2 Å². The molecule has 10 nitrogen and oxygen atoms in total. The summed E-state index contributed by atoms with van der Waals surface area (Å²) in [6.45, 7) is 16.1. The fourth-order valence-corrected chi connectivity index (χ4v) is 6.69. The number of rotatable bonds is 6. The summed E-state index contributed by atoms with van der Waals surface area (Å²) in [6, 6.07) is -0.182. The summed E-state index contributed by atoms with van der Waals surface area (Å²) >= 11 is 0. The second kappa shape index (κ2) is 13.2. The Hall–Kier alpha value is -2.27. The Kier molecular flexibility index (Phi) is 10.7. The number of ether oxygens (including phenoxy) is 6. The maximum absolute atomic E-state index is 14.1. The number of esters is 1. The van der Waals surface area contributed by atoms with Gasteiger partial charge in [-0.05, 0) is 79.6 Å². The third-order valence-corrected chi connectivity index (χ3v) is 9.07. The molecule has 0 aromatic rings. The highest BCUT2D eigenvalue weighted by Crippen LogP contribution is 2.41. The van der Waals surface area contributed by atoms with Crippen LogP contribution in [0.2, 0.25) is 0 Å². The first-order valence-corrected chi connectivity index (χ1v) is 15.0. The number of allylic oxidation sites excluding steroid dienone is 2. The molecule has 3 aliphatic rings. The summed E-state index contributed by atoms with van der Waals surface area (Å²) in [5.41, 5.74) is -1.14. The number of hydrogen-bond donors (Lipinski definition) is 0. The predicted molar refractivity (Wildman–Crippen MR) is 156 cm³/mol. The molecule has 1 unspecified atom stereocenters. The first kappa shape index (κ1) is 34.2. The van der Waals surface area contributed by atoms with Gasteiger partial charge < -0.3 is 33.3 Å². The lowest BCUT2D eigenvalue weighted by Gasteiger charge is -2.47. The van der Waals surface area contributed by atoms with Gasteiger partial charge in [-0.25, -0.2) is 0 Å². The Morgan fingerprint density at radius 2 is 1.76 bits per heavy atom. The highest BCUT2D eigenvalue weighted by Gasteiger charge is 2.51. The van der Waals surface area contributed by atoms with Gasteiger partial charge in [-0.1, -0.05) is 20.8 Å². The quantitative estimate of drug-likeness (QED) is 0.412. The number of carbonyl (C=O) groups is 3. The number of hydrogen-bond acceptors (Lipinski definition) is 10. The minimum Gasteiger partial charge on any atom is -0.457 e. The Morgan fingerprint density at radius 1 is 1.12 bits per heavy atom. The first-order chi connectivity index (χ1) is 19.5. The van der Waals surface area contributed by atoms with Crippen molar-refractivity contribution >= 4 is 17.5 Å². The predicted octanol–water partition coefficient (Wildman–Crippen LogP) is 4.35. The molecule has 3 aliphatic heterocycles. The summed E-state index contributed by atoms with van der Waals surface area (Å²) < 4.78 is 37.3. The van der Waals surface area contributed by atoms with E-state index in [4.69, 9.17) is 28.4 Å². The number of likely N-dealkylation sites (N-methyl/N-ethyl adjacent to an activating group) is 1. The van der Waals surface area contributed by atoms with Crippen LogP contribution in [0.4, 0.5) is 0 Å². The van der Waals surface area contributed by atoms with Crippen molar-refractivity contribution < 1.29 is 42.8 Å². The molecule has 42 heavy (non-hydrogen) atoms. The van der Waals surface area contributed by atoms with Crippen LogP contribution < -0.4 is 0 Å². The van der Waals surface area contributed by atoms with Gasteiger partial charge in [-0.2, -0.15) is 0 Å². The SMILES string of the molecule is CC[C@H]1OC2=C(C)C(=O)[C@H](C)[C@@H](OC3O[C@H](C)C[C@H](N(C)C)[C@H]3OC(C)=O)[C@@](C)(OC)C[C@@H](C)C(=O)/C(C)=C/[C@@]1(C)O2. The van der Waals surface area contributed by atoms with E-state index < -0.39 is 47.5 Å².